The Bertz CT molecular complexity index is 1760. The molecule has 2 aromatic carbocycles. The van der Waals surface area contributed by atoms with Gasteiger partial charge in [0.15, 0.2) is 0 Å². The minimum atomic E-state index is -0.311. The largest absolute Gasteiger partial charge is 0.396 e. The summed E-state index contributed by atoms with van der Waals surface area (Å²) >= 11 is 6.93. The minimum absolute atomic E-state index is 0.167. The van der Waals surface area contributed by atoms with Crippen LogP contribution in [0.5, 0.6) is 0 Å². The van der Waals surface area contributed by atoms with Crippen molar-refractivity contribution in [2.24, 2.45) is 0 Å². The van der Waals surface area contributed by atoms with Crippen LogP contribution >= 0.6 is 11.6 Å². The van der Waals surface area contributed by atoms with Crippen LogP contribution < -0.4 is 16.0 Å². The molecule has 238 valence electrons. The molecular weight excluding hydrogens is 600 g/mol. The lowest BCUT2D eigenvalue weighted by atomic mass is 9.96. The van der Waals surface area contributed by atoms with Crippen LogP contribution in [-0.4, -0.2) is 64.1 Å². The van der Waals surface area contributed by atoms with Crippen molar-refractivity contribution in [3.05, 3.63) is 105 Å². The first-order valence-electron chi connectivity index (χ1n) is 15.8. The van der Waals surface area contributed by atoms with Crippen molar-refractivity contribution in [3.63, 3.8) is 0 Å². The number of aryl methyl sites for hydroxylation is 2. The van der Waals surface area contributed by atoms with Crippen LogP contribution in [0.4, 0.5) is 11.4 Å². The number of nitrogens with one attached hydrogen (secondary N) is 3. The van der Waals surface area contributed by atoms with Gasteiger partial charge in [0, 0.05) is 56.3 Å². The van der Waals surface area contributed by atoms with E-state index >= 15 is 0 Å². The molecular formula is C36H39ClN6O3. The van der Waals surface area contributed by atoms with E-state index in [-0.39, 0.29) is 18.4 Å². The first kappa shape index (κ1) is 31.8. The number of unbranched alkanes of at least 4 members (excludes halogenated alkanes) is 1. The van der Waals surface area contributed by atoms with Crippen molar-refractivity contribution >= 4 is 34.8 Å². The first-order chi connectivity index (χ1) is 22.3. The molecule has 2 aliphatic heterocycles. The van der Waals surface area contributed by atoms with Gasteiger partial charge in [-0.25, -0.2) is 4.98 Å². The van der Waals surface area contributed by atoms with E-state index < -0.39 is 0 Å². The second-order valence-corrected chi connectivity index (χ2v) is 12.4. The molecule has 1 fully saturated rings. The smallest absolute Gasteiger partial charge is 0.274 e. The SMILES string of the molecule is Cc1cc(C(=O)Nc2cccc(-c3cccc(NC(=O)c4ccc(CCCCO)cn4)c3C)c2Cl)nc2c1CCN(C1CNC1)C2. The second kappa shape index (κ2) is 14.1. The molecule has 4 N–H and O–H groups in total. The molecule has 6 rings (SSSR count). The molecule has 46 heavy (non-hydrogen) atoms. The zero-order valence-corrected chi connectivity index (χ0v) is 27.0. The normalized spacial score (nSPS) is 14.8. The third-order valence-electron chi connectivity index (χ3n) is 8.99. The monoisotopic (exact) mass is 638 g/mol. The third kappa shape index (κ3) is 6.83. The maximum atomic E-state index is 13.5. The maximum absolute atomic E-state index is 13.5. The molecule has 0 radical (unpaired) electrons. The molecule has 0 saturated carbocycles. The summed E-state index contributed by atoms with van der Waals surface area (Å²) in [6.45, 7) is 7.89. The number of aliphatic hydroxyl groups is 1. The average Bonchev–Trinajstić information content (AvgIpc) is 3.02. The van der Waals surface area contributed by atoms with Crippen molar-refractivity contribution < 1.29 is 14.7 Å². The van der Waals surface area contributed by atoms with Gasteiger partial charge >= 0.3 is 0 Å². The Kier molecular flexibility index (Phi) is 9.75. The molecule has 1 saturated heterocycles. The van der Waals surface area contributed by atoms with E-state index in [0.717, 1.165) is 85.4 Å². The van der Waals surface area contributed by atoms with Gasteiger partial charge < -0.3 is 21.1 Å². The Morgan fingerprint density at radius 3 is 2.43 bits per heavy atom. The summed E-state index contributed by atoms with van der Waals surface area (Å²) in [5, 5.41) is 18.7. The highest BCUT2D eigenvalue weighted by Crippen LogP contribution is 2.37. The zero-order valence-electron chi connectivity index (χ0n) is 26.2. The van der Waals surface area contributed by atoms with Gasteiger partial charge in [-0.1, -0.05) is 41.9 Å². The fraction of sp³-hybridized carbons (Fsp3) is 0.333. The predicted octanol–water partition coefficient (Wildman–Crippen LogP) is 5.56. The molecule has 0 unspecified atom stereocenters. The van der Waals surface area contributed by atoms with Crippen LogP contribution in [0.1, 0.15) is 61.8 Å². The number of pyridine rings is 2. The van der Waals surface area contributed by atoms with E-state index in [1.54, 1.807) is 18.3 Å². The van der Waals surface area contributed by atoms with Crippen LogP contribution in [0, 0.1) is 13.8 Å². The van der Waals surface area contributed by atoms with Gasteiger partial charge in [-0.15, -0.1) is 0 Å². The van der Waals surface area contributed by atoms with E-state index in [2.05, 4.69) is 25.8 Å². The molecule has 2 aliphatic rings. The van der Waals surface area contributed by atoms with E-state index in [1.165, 1.54) is 5.56 Å². The lowest BCUT2D eigenvalue weighted by molar-refractivity contribution is 0.101. The van der Waals surface area contributed by atoms with E-state index in [9.17, 15) is 9.59 Å². The van der Waals surface area contributed by atoms with Gasteiger partial charge in [-0.05, 0) is 91.6 Å². The summed E-state index contributed by atoms with van der Waals surface area (Å²) < 4.78 is 0. The van der Waals surface area contributed by atoms with Gasteiger partial charge in [0.2, 0.25) is 0 Å². The van der Waals surface area contributed by atoms with Crippen molar-refractivity contribution in [3.8, 4) is 11.1 Å². The number of carbonyl (C=O) groups is 2. The van der Waals surface area contributed by atoms with Crippen LogP contribution in [0.15, 0.2) is 60.8 Å². The average molecular weight is 639 g/mol. The van der Waals surface area contributed by atoms with Crippen LogP contribution in [-0.2, 0) is 19.4 Å². The number of hydrogen-bond donors (Lipinski definition) is 4. The summed E-state index contributed by atoms with van der Waals surface area (Å²) in [6, 6.07) is 17.2. The third-order valence-corrected chi connectivity index (χ3v) is 9.40. The molecule has 10 heteroatoms. The predicted molar refractivity (Wildman–Crippen MR) is 182 cm³/mol. The van der Waals surface area contributed by atoms with Crippen molar-refractivity contribution in [2.75, 3.05) is 36.9 Å². The molecule has 0 atom stereocenters. The number of aliphatic hydroxyl groups excluding tert-OH is 1. The van der Waals surface area contributed by atoms with E-state index in [4.69, 9.17) is 21.7 Å². The topological polar surface area (TPSA) is 119 Å². The number of nitrogens with zero attached hydrogens (tertiary/aromatic N) is 3. The van der Waals surface area contributed by atoms with E-state index in [1.807, 2.05) is 56.3 Å². The Morgan fingerprint density at radius 1 is 0.978 bits per heavy atom. The van der Waals surface area contributed by atoms with Gasteiger partial charge in [-0.3, -0.25) is 19.5 Å². The molecule has 0 bridgehead atoms. The van der Waals surface area contributed by atoms with Crippen LogP contribution in [0.2, 0.25) is 5.02 Å². The Balaban J connectivity index is 1.18. The van der Waals surface area contributed by atoms with Crippen molar-refractivity contribution in [1.82, 2.24) is 20.2 Å². The zero-order chi connectivity index (χ0) is 32.2. The molecule has 2 aromatic heterocycles. The highest BCUT2D eigenvalue weighted by Gasteiger charge is 2.29. The highest BCUT2D eigenvalue weighted by molar-refractivity contribution is 6.36. The lowest BCUT2D eigenvalue weighted by Gasteiger charge is -2.40. The fourth-order valence-electron chi connectivity index (χ4n) is 6.14. The molecule has 4 heterocycles. The molecule has 4 aromatic rings. The quantitative estimate of drug-likeness (QED) is 0.168. The maximum Gasteiger partial charge on any atom is 0.274 e. The highest BCUT2D eigenvalue weighted by atomic mass is 35.5. The number of rotatable bonds is 10. The molecule has 9 nitrogen and oxygen atoms in total. The number of benzene rings is 2. The van der Waals surface area contributed by atoms with Gasteiger partial charge in [0.1, 0.15) is 11.4 Å². The Hall–Kier alpha value is -4.15. The van der Waals surface area contributed by atoms with Crippen LogP contribution in [0.25, 0.3) is 11.1 Å². The van der Waals surface area contributed by atoms with E-state index in [0.29, 0.717) is 33.8 Å². The first-order valence-corrected chi connectivity index (χ1v) is 16.2. The van der Waals surface area contributed by atoms with Crippen molar-refractivity contribution in [1.29, 1.82) is 0 Å². The minimum Gasteiger partial charge on any atom is -0.396 e. The lowest BCUT2D eigenvalue weighted by Crippen LogP contribution is -2.58. The summed E-state index contributed by atoms with van der Waals surface area (Å²) in [7, 11) is 0. The standard InChI is InChI=1S/C36H39ClN6O3/c1-22-17-32(40-33-21-43(15-14-26(22)33)25-19-38-20-25)36(46)42-30-11-6-9-28(34(30)37)27-8-5-10-29(23(27)2)41-35(45)31-13-12-24(18-39-31)7-3-4-16-44/h5-6,8-13,17-18,25,38,44H,3-4,7,14-16,19-21H2,1-2H3,(H,41,45)(H,42,46). The van der Waals surface area contributed by atoms with Gasteiger partial charge in [-0.2, -0.15) is 0 Å². The summed E-state index contributed by atoms with van der Waals surface area (Å²) in [6.07, 6.45) is 5.05. The number of fused-ring (bicyclic) bond motifs is 1. The molecule has 0 spiro atoms. The number of hydrogen-bond acceptors (Lipinski definition) is 7. The van der Waals surface area contributed by atoms with Gasteiger partial charge in [0.25, 0.3) is 11.8 Å². The Labute approximate surface area is 274 Å². The summed E-state index contributed by atoms with van der Waals surface area (Å²) in [4.78, 5) is 38.1. The number of amides is 2. The summed E-state index contributed by atoms with van der Waals surface area (Å²) in [5.41, 5.74) is 8.54. The number of carbonyl (C=O) groups excluding carboxylic acids is 2. The Morgan fingerprint density at radius 2 is 1.72 bits per heavy atom. The fourth-order valence-corrected chi connectivity index (χ4v) is 6.42. The second-order valence-electron chi connectivity index (χ2n) is 12.1. The number of halogens is 1. The van der Waals surface area contributed by atoms with Crippen molar-refractivity contribution in [2.45, 2.75) is 52.1 Å². The van der Waals surface area contributed by atoms with Gasteiger partial charge in [0.05, 0.1) is 16.4 Å². The van der Waals surface area contributed by atoms with Crippen LogP contribution in [0.3, 0.4) is 0 Å². The number of aromatic nitrogens is 2. The molecule has 2 amide bonds. The summed E-state index contributed by atoms with van der Waals surface area (Å²) in [5.74, 6) is -0.619. The number of anilines is 2. The molecule has 0 aliphatic carbocycles.